The van der Waals surface area contributed by atoms with Gasteiger partial charge in [-0.05, 0) is 12.1 Å². The Morgan fingerprint density at radius 3 is 2.48 bits per heavy atom. The Hall–Kier alpha value is -3.78. The van der Waals surface area contributed by atoms with E-state index < -0.39 is 11.9 Å². The number of benzene rings is 2. The van der Waals surface area contributed by atoms with Gasteiger partial charge in [-0.25, -0.2) is 4.98 Å². The third-order valence-corrected chi connectivity index (χ3v) is 5.72. The molecular weight excluding hydrogens is 410 g/mol. The Morgan fingerprint density at radius 1 is 1.16 bits per heavy atom. The summed E-state index contributed by atoms with van der Waals surface area (Å²) < 4.78 is 0. The number of hydrazone groups is 1. The standard InChI is InChI=1S/C23H21N5O2S/c1-2-13-27(23-25-19(15-31-23)16-9-5-3-6-10-16)22(30)18-14-20(21(24)29)28(26-18)17-11-7-4-8-12-17/h2-12,15,20H,1,13-14H2,(H2,24,29)/t20-/m1/s1. The van der Waals surface area contributed by atoms with Crippen molar-refractivity contribution in [1.29, 1.82) is 0 Å². The summed E-state index contributed by atoms with van der Waals surface area (Å²) in [6.07, 6.45) is 1.77. The van der Waals surface area contributed by atoms with Crippen LogP contribution < -0.4 is 15.6 Å². The van der Waals surface area contributed by atoms with Gasteiger partial charge in [-0.1, -0.05) is 54.6 Å². The van der Waals surface area contributed by atoms with Crippen molar-refractivity contribution >= 4 is 39.7 Å². The lowest BCUT2D eigenvalue weighted by molar-refractivity contribution is -0.119. The molecule has 0 spiro atoms. The molecule has 156 valence electrons. The van der Waals surface area contributed by atoms with Gasteiger partial charge in [0.25, 0.3) is 5.91 Å². The number of nitrogens with two attached hydrogens (primary N) is 1. The summed E-state index contributed by atoms with van der Waals surface area (Å²) in [6.45, 7) is 4.03. The predicted octanol–water partition coefficient (Wildman–Crippen LogP) is 3.45. The maximum atomic E-state index is 13.4. The number of aromatic nitrogens is 1. The number of thiazole rings is 1. The number of hydrogen-bond acceptors (Lipinski definition) is 6. The van der Waals surface area contributed by atoms with Gasteiger partial charge in [0.15, 0.2) is 5.13 Å². The third-order valence-electron chi connectivity index (χ3n) is 4.86. The number of primary amides is 1. The average molecular weight is 432 g/mol. The first kappa shape index (κ1) is 20.5. The van der Waals surface area contributed by atoms with E-state index in [1.165, 1.54) is 21.2 Å². The highest BCUT2D eigenvalue weighted by Crippen LogP contribution is 2.29. The molecule has 0 radical (unpaired) electrons. The Morgan fingerprint density at radius 2 is 1.84 bits per heavy atom. The summed E-state index contributed by atoms with van der Waals surface area (Å²) in [5.74, 6) is -0.857. The molecule has 2 aromatic carbocycles. The van der Waals surface area contributed by atoms with Crippen LogP contribution in [-0.2, 0) is 9.59 Å². The second-order valence-electron chi connectivity index (χ2n) is 6.93. The van der Waals surface area contributed by atoms with Gasteiger partial charge in [0.2, 0.25) is 5.91 Å². The molecule has 0 saturated heterocycles. The quantitative estimate of drug-likeness (QED) is 0.580. The molecule has 2 amide bonds. The van der Waals surface area contributed by atoms with Crippen LogP contribution in [0.1, 0.15) is 6.42 Å². The van der Waals surface area contributed by atoms with E-state index in [0.717, 1.165) is 11.3 Å². The summed E-state index contributed by atoms with van der Waals surface area (Å²) in [7, 11) is 0. The second-order valence-corrected chi connectivity index (χ2v) is 7.77. The monoisotopic (exact) mass is 431 g/mol. The average Bonchev–Trinajstić information content (AvgIpc) is 3.46. The highest BCUT2D eigenvalue weighted by Gasteiger charge is 2.37. The van der Waals surface area contributed by atoms with Gasteiger partial charge in [0, 0.05) is 23.9 Å². The van der Waals surface area contributed by atoms with E-state index >= 15 is 0 Å². The van der Waals surface area contributed by atoms with E-state index in [9.17, 15) is 9.59 Å². The van der Waals surface area contributed by atoms with Crippen molar-refractivity contribution in [2.24, 2.45) is 10.8 Å². The number of nitrogens with zero attached hydrogens (tertiary/aromatic N) is 4. The molecule has 1 aliphatic rings. The van der Waals surface area contributed by atoms with Gasteiger partial charge in [0.05, 0.1) is 11.4 Å². The van der Waals surface area contributed by atoms with Crippen LogP contribution in [0, 0.1) is 0 Å². The fourth-order valence-corrected chi connectivity index (χ4v) is 4.18. The van der Waals surface area contributed by atoms with Crippen LogP contribution in [0.25, 0.3) is 11.3 Å². The lowest BCUT2D eigenvalue weighted by atomic mass is 10.1. The minimum atomic E-state index is -0.719. The third kappa shape index (κ3) is 4.24. The minimum Gasteiger partial charge on any atom is -0.368 e. The molecule has 1 aromatic heterocycles. The van der Waals surface area contributed by atoms with Gasteiger partial charge < -0.3 is 5.73 Å². The van der Waals surface area contributed by atoms with Crippen molar-refractivity contribution < 1.29 is 9.59 Å². The zero-order valence-corrected chi connectivity index (χ0v) is 17.5. The highest BCUT2D eigenvalue weighted by atomic mass is 32.1. The second kappa shape index (κ2) is 8.93. The Bertz CT molecular complexity index is 1130. The van der Waals surface area contributed by atoms with Crippen LogP contribution in [0.5, 0.6) is 0 Å². The normalized spacial score (nSPS) is 15.4. The fraction of sp³-hybridized carbons (Fsp3) is 0.130. The number of anilines is 2. The van der Waals surface area contributed by atoms with Crippen molar-refractivity contribution in [1.82, 2.24) is 4.98 Å². The van der Waals surface area contributed by atoms with Gasteiger partial charge in [-0.3, -0.25) is 19.5 Å². The molecule has 31 heavy (non-hydrogen) atoms. The maximum absolute atomic E-state index is 13.4. The summed E-state index contributed by atoms with van der Waals surface area (Å²) >= 11 is 1.37. The molecule has 2 N–H and O–H groups in total. The van der Waals surface area contributed by atoms with Crippen LogP contribution in [0.2, 0.25) is 0 Å². The molecule has 1 aliphatic heterocycles. The van der Waals surface area contributed by atoms with Gasteiger partial charge in [-0.2, -0.15) is 5.10 Å². The van der Waals surface area contributed by atoms with Gasteiger partial charge >= 0.3 is 0 Å². The van der Waals surface area contributed by atoms with Crippen LogP contribution in [0.4, 0.5) is 10.8 Å². The molecule has 0 bridgehead atoms. The van der Waals surface area contributed by atoms with Crippen molar-refractivity contribution in [2.45, 2.75) is 12.5 Å². The largest absolute Gasteiger partial charge is 0.368 e. The molecule has 0 fully saturated rings. The minimum absolute atomic E-state index is 0.133. The van der Waals surface area contributed by atoms with E-state index in [1.54, 1.807) is 6.08 Å². The molecule has 0 aliphatic carbocycles. The zero-order valence-electron chi connectivity index (χ0n) is 16.7. The molecule has 4 rings (SSSR count). The van der Waals surface area contributed by atoms with E-state index in [2.05, 4.69) is 16.7 Å². The SMILES string of the molecule is C=CCN(C(=O)C1=NN(c2ccccc2)[C@@H](C(N)=O)C1)c1nc(-c2ccccc2)cs1. The molecule has 2 heterocycles. The van der Waals surface area contributed by atoms with Crippen molar-refractivity contribution in [3.05, 3.63) is 78.7 Å². The van der Waals surface area contributed by atoms with E-state index in [1.807, 2.05) is 66.0 Å². The first-order chi connectivity index (χ1) is 15.1. The lowest BCUT2D eigenvalue weighted by Crippen LogP contribution is -2.40. The van der Waals surface area contributed by atoms with Crippen LogP contribution in [0.15, 0.2) is 83.8 Å². The van der Waals surface area contributed by atoms with Gasteiger partial charge in [-0.15, -0.1) is 17.9 Å². The molecule has 0 unspecified atom stereocenters. The topological polar surface area (TPSA) is 91.9 Å². The van der Waals surface area contributed by atoms with E-state index in [0.29, 0.717) is 10.8 Å². The van der Waals surface area contributed by atoms with Crippen molar-refractivity contribution in [2.75, 3.05) is 16.5 Å². The Balaban J connectivity index is 1.63. The molecule has 0 saturated carbocycles. The van der Waals surface area contributed by atoms with Crippen molar-refractivity contribution in [3.63, 3.8) is 0 Å². The summed E-state index contributed by atoms with van der Waals surface area (Å²) in [5.41, 5.74) is 8.31. The first-order valence-electron chi connectivity index (χ1n) is 9.73. The number of carbonyl (C=O) groups excluding carboxylic acids is 2. The number of hydrogen-bond donors (Lipinski definition) is 1. The highest BCUT2D eigenvalue weighted by molar-refractivity contribution is 7.14. The van der Waals surface area contributed by atoms with E-state index in [4.69, 9.17) is 5.73 Å². The molecular formula is C23H21N5O2S. The first-order valence-corrected chi connectivity index (χ1v) is 10.6. The molecule has 8 heteroatoms. The van der Waals surface area contributed by atoms with Crippen LogP contribution >= 0.6 is 11.3 Å². The fourth-order valence-electron chi connectivity index (χ4n) is 3.34. The summed E-state index contributed by atoms with van der Waals surface area (Å²) in [6, 6.07) is 18.2. The van der Waals surface area contributed by atoms with Crippen LogP contribution in [0.3, 0.4) is 0 Å². The number of carbonyl (C=O) groups is 2. The summed E-state index contributed by atoms with van der Waals surface area (Å²) in [4.78, 5) is 31.6. The molecule has 7 nitrogen and oxygen atoms in total. The van der Waals surface area contributed by atoms with Crippen LogP contribution in [-0.4, -0.2) is 35.1 Å². The van der Waals surface area contributed by atoms with Crippen molar-refractivity contribution in [3.8, 4) is 11.3 Å². The predicted molar refractivity (Wildman–Crippen MR) is 124 cm³/mol. The number of para-hydroxylation sites is 1. The zero-order chi connectivity index (χ0) is 21.8. The van der Waals surface area contributed by atoms with E-state index in [-0.39, 0.29) is 24.6 Å². The number of rotatable bonds is 7. The Labute approximate surface area is 184 Å². The Kier molecular flexibility index (Phi) is 5.90. The maximum Gasteiger partial charge on any atom is 0.276 e. The van der Waals surface area contributed by atoms with Gasteiger partial charge in [0.1, 0.15) is 11.8 Å². The summed E-state index contributed by atoms with van der Waals surface area (Å²) in [5, 5.41) is 8.42. The molecule has 1 atom stereocenters. The molecule has 3 aromatic rings. The number of amides is 2. The lowest BCUT2D eigenvalue weighted by Gasteiger charge is -2.20. The smallest absolute Gasteiger partial charge is 0.276 e.